The Labute approximate surface area is 160 Å². The minimum atomic E-state index is -1.51. The molecule has 1 aliphatic heterocycles. The van der Waals surface area contributed by atoms with Crippen LogP contribution in [-0.2, 0) is 38.1 Å². The smallest absolute Gasteiger partial charge is 0.305 e. The molecule has 0 aromatic rings. The molecular weight excluding hydrogens is 356 g/mol. The molecule has 0 N–H and O–H groups in total. The number of rotatable bonds is 12. The van der Waals surface area contributed by atoms with E-state index in [1.54, 1.807) is 0 Å². The van der Waals surface area contributed by atoms with Crippen LogP contribution in [0, 0.1) is 0 Å². The van der Waals surface area contributed by atoms with Crippen molar-refractivity contribution < 1.29 is 38.1 Å². The normalized spacial score (nSPS) is 27.4. The van der Waals surface area contributed by atoms with Gasteiger partial charge in [-0.1, -0.05) is 26.7 Å². The highest BCUT2D eigenvalue weighted by atomic mass is 16.8. The second-order valence-corrected chi connectivity index (χ2v) is 6.67. The zero-order valence-electron chi connectivity index (χ0n) is 16.9. The number of esters is 2. The van der Waals surface area contributed by atoms with Crippen LogP contribution in [0.4, 0.5) is 0 Å². The fourth-order valence-corrected chi connectivity index (χ4v) is 2.87. The minimum Gasteiger partial charge on any atom is -0.453 e. The van der Waals surface area contributed by atoms with Crippen molar-refractivity contribution in [2.45, 2.75) is 84.4 Å². The molecule has 0 bridgehead atoms. The number of ether oxygens (including phenoxy) is 5. The number of carbonyl (C=O) groups excluding carboxylic acids is 3. The summed E-state index contributed by atoms with van der Waals surface area (Å²) in [5.41, 5.74) is -1.51. The van der Waals surface area contributed by atoms with E-state index in [0.29, 0.717) is 13.2 Å². The Morgan fingerprint density at radius 1 is 0.926 bits per heavy atom. The average Bonchev–Trinajstić information content (AvgIpc) is 2.85. The molecule has 27 heavy (non-hydrogen) atoms. The van der Waals surface area contributed by atoms with Gasteiger partial charge >= 0.3 is 11.9 Å². The van der Waals surface area contributed by atoms with Crippen molar-refractivity contribution in [2.24, 2.45) is 0 Å². The molecule has 0 amide bonds. The highest BCUT2D eigenvalue weighted by Gasteiger charge is 2.62. The van der Waals surface area contributed by atoms with Gasteiger partial charge in [-0.15, -0.1) is 0 Å². The van der Waals surface area contributed by atoms with Gasteiger partial charge in [-0.3, -0.25) is 14.4 Å². The third-order valence-electron chi connectivity index (χ3n) is 4.29. The Balaban J connectivity index is 3.16. The summed E-state index contributed by atoms with van der Waals surface area (Å²) in [6.07, 6.45) is 0.188. The fourth-order valence-electron chi connectivity index (χ4n) is 2.87. The zero-order valence-corrected chi connectivity index (χ0v) is 16.9. The highest BCUT2D eigenvalue weighted by Crippen LogP contribution is 2.37. The molecule has 0 aromatic carbocycles. The maximum atomic E-state index is 12.6. The van der Waals surface area contributed by atoms with Gasteiger partial charge in [-0.25, -0.2) is 0 Å². The Bertz CT molecular complexity index is 506. The lowest BCUT2D eigenvalue weighted by Crippen LogP contribution is -2.54. The van der Waals surface area contributed by atoms with E-state index in [4.69, 9.17) is 23.7 Å². The van der Waals surface area contributed by atoms with Crippen molar-refractivity contribution in [3.63, 3.8) is 0 Å². The van der Waals surface area contributed by atoms with Crippen LogP contribution < -0.4 is 0 Å². The molecule has 0 radical (unpaired) electrons. The number of unbranched alkanes of at least 4 members (excludes halogenated alkanes) is 2. The SMILES string of the molecule is CCCCOC[C@@]1(C(C)=O)OC(OC(C)=O)[C@@H](OC(C)=O)C1OCCCC. The van der Waals surface area contributed by atoms with E-state index in [1.807, 2.05) is 13.8 Å². The van der Waals surface area contributed by atoms with Crippen molar-refractivity contribution in [1.29, 1.82) is 0 Å². The molecule has 8 nitrogen and oxygen atoms in total. The van der Waals surface area contributed by atoms with E-state index in [0.717, 1.165) is 25.7 Å². The van der Waals surface area contributed by atoms with Crippen LogP contribution in [0.1, 0.15) is 60.3 Å². The summed E-state index contributed by atoms with van der Waals surface area (Å²) < 4.78 is 27.9. The number of Topliss-reactive ketones (excluding diaryl/α,β-unsaturated/α-hetero) is 1. The molecule has 0 spiro atoms. The lowest BCUT2D eigenvalue weighted by molar-refractivity contribution is -0.210. The van der Waals surface area contributed by atoms with Gasteiger partial charge in [0, 0.05) is 27.1 Å². The second-order valence-electron chi connectivity index (χ2n) is 6.67. The number of carbonyl (C=O) groups is 3. The molecule has 4 atom stereocenters. The van der Waals surface area contributed by atoms with Crippen LogP contribution in [0.15, 0.2) is 0 Å². The molecule has 0 aromatic heterocycles. The van der Waals surface area contributed by atoms with E-state index < -0.39 is 36.0 Å². The largest absolute Gasteiger partial charge is 0.453 e. The predicted octanol–water partition coefficient (Wildman–Crippen LogP) is 2.17. The maximum Gasteiger partial charge on any atom is 0.305 e. The lowest BCUT2D eigenvalue weighted by atomic mass is 9.91. The van der Waals surface area contributed by atoms with Crippen LogP contribution >= 0.6 is 0 Å². The minimum absolute atomic E-state index is 0.0747. The number of ketones is 1. The van der Waals surface area contributed by atoms with E-state index >= 15 is 0 Å². The Morgan fingerprint density at radius 3 is 2.04 bits per heavy atom. The van der Waals surface area contributed by atoms with Crippen LogP contribution in [0.25, 0.3) is 0 Å². The summed E-state index contributed by atoms with van der Waals surface area (Å²) >= 11 is 0. The second kappa shape index (κ2) is 11.4. The average molecular weight is 388 g/mol. The lowest BCUT2D eigenvalue weighted by Gasteiger charge is -2.32. The first kappa shape index (κ1) is 23.5. The van der Waals surface area contributed by atoms with Gasteiger partial charge in [-0.2, -0.15) is 0 Å². The van der Waals surface area contributed by atoms with E-state index in [1.165, 1.54) is 20.8 Å². The van der Waals surface area contributed by atoms with Gasteiger partial charge in [0.1, 0.15) is 6.10 Å². The summed E-state index contributed by atoms with van der Waals surface area (Å²) in [5, 5.41) is 0. The molecule has 1 aliphatic rings. The summed E-state index contributed by atoms with van der Waals surface area (Å²) in [7, 11) is 0. The van der Waals surface area contributed by atoms with Crippen LogP contribution in [0.2, 0.25) is 0 Å². The predicted molar refractivity (Wildman–Crippen MR) is 96.0 cm³/mol. The monoisotopic (exact) mass is 388 g/mol. The Morgan fingerprint density at radius 2 is 1.52 bits per heavy atom. The molecule has 2 unspecified atom stereocenters. The van der Waals surface area contributed by atoms with Crippen LogP contribution in [-0.4, -0.2) is 61.6 Å². The molecule has 1 fully saturated rings. The van der Waals surface area contributed by atoms with E-state index in [9.17, 15) is 14.4 Å². The molecule has 0 saturated carbocycles. The molecule has 1 heterocycles. The molecule has 1 rings (SSSR count). The van der Waals surface area contributed by atoms with Gasteiger partial charge in [0.2, 0.25) is 6.29 Å². The summed E-state index contributed by atoms with van der Waals surface area (Å²) in [5.74, 6) is -1.54. The summed E-state index contributed by atoms with van der Waals surface area (Å²) in [6, 6.07) is 0. The van der Waals surface area contributed by atoms with Crippen LogP contribution in [0.5, 0.6) is 0 Å². The Hall–Kier alpha value is -1.51. The van der Waals surface area contributed by atoms with Gasteiger partial charge in [0.15, 0.2) is 17.5 Å². The van der Waals surface area contributed by atoms with Crippen molar-refractivity contribution in [2.75, 3.05) is 19.8 Å². The standard InChI is InChI=1S/C19H32O8/c1-6-8-10-23-12-19(13(3)20)17(24-11-9-7-2)16(25-14(4)21)18(27-19)26-15(5)22/h16-18H,6-12H2,1-5H3/t16-,17?,18?,19-/m0/s1. The summed E-state index contributed by atoms with van der Waals surface area (Å²) in [4.78, 5) is 35.6. The quantitative estimate of drug-likeness (QED) is 0.371. The van der Waals surface area contributed by atoms with Gasteiger partial charge in [0.05, 0.1) is 6.61 Å². The molecule has 1 saturated heterocycles. The molecule has 156 valence electrons. The fraction of sp³-hybridized carbons (Fsp3) is 0.842. The molecule has 8 heteroatoms. The first-order chi connectivity index (χ1) is 12.8. The number of hydrogen-bond acceptors (Lipinski definition) is 8. The van der Waals surface area contributed by atoms with Crippen molar-refractivity contribution in [1.82, 2.24) is 0 Å². The van der Waals surface area contributed by atoms with Gasteiger partial charge in [0.25, 0.3) is 0 Å². The molecule has 0 aliphatic carbocycles. The van der Waals surface area contributed by atoms with Crippen molar-refractivity contribution >= 4 is 17.7 Å². The van der Waals surface area contributed by atoms with Crippen molar-refractivity contribution in [3.05, 3.63) is 0 Å². The van der Waals surface area contributed by atoms with Gasteiger partial charge < -0.3 is 23.7 Å². The number of hydrogen-bond donors (Lipinski definition) is 0. The van der Waals surface area contributed by atoms with E-state index in [2.05, 4.69) is 0 Å². The zero-order chi connectivity index (χ0) is 20.4. The first-order valence-electron chi connectivity index (χ1n) is 9.51. The highest BCUT2D eigenvalue weighted by molar-refractivity contribution is 5.86. The van der Waals surface area contributed by atoms with E-state index in [-0.39, 0.29) is 12.4 Å². The van der Waals surface area contributed by atoms with Crippen molar-refractivity contribution in [3.8, 4) is 0 Å². The Kier molecular flexibility index (Phi) is 9.90. The summed E-state index contributed by atoms with van der Waals surface area (Å²) in [6.45, 7) is 8.57. The van der Waals surface area contributed by atoms with Gasteiger partial charge in [-0.05, 0) is 19.8 Å². The topological polar surface area (TPSA) is 97.4 Å². The van der Waals surface area contributed by atoms with Crippen LogP contribution in [0.3, 0.4) is 0 Å². The maximum absolute atomic E-state index is 12.6. The molecular formula is C19H32O8. The third kappa shape index (κ3) is 6.55. The third-order valence-corrected chi connectivity index (χ3v) is 4.29. The first-order valence-corrected chi connectivity index (χ1v) is 9.51.